The summed E-state index contributed by atoms with van der Waals surface area (Å²) in [6.45, 7) is 14.7. The van der Waals surface area contributed by atoms with Crippen molar-refractivity contribution < 1.29 is 23.7 Å². The van der Waals surface area contributed by atoms with E-state index in [1.807, 2.05) is 33.8 Å². The Morgan fingerprint density at radius 3 is 2.22 bits per heavy atom. The van der Waals surface area contributed by atoms with E-state index in [-0.39, 0.29) is 18.3 Å². The highest BCUT2D eigenvalue weighted by molar-refractivity contribution is 6.54. The van der Waals surface area contributed by atoms with Crippen LogP contribution in [-0.2, 0) is 18.9 Å². The summed E-state index contributed by atoms with van der Waals surface area (Å²) >= 11 is 0. The number of hydrogen-bond donors (Lipinski definition) is 0. The third-order valence-electron chi connectivity index (χ3n) is 4.36. The molecule has 0 unspecified atom stereocenters. The molecule has 7 heteroatoms. The number of hydrogen-bond acceptors (Lipinski definition) is 6. The maximum absolute atomic E-state index is 11.7. The number of hydroxylamine groups is 2. The summed E-state index contributed by atoms with van der Waals surface area (Å²) < 4.78 is 17.2. The molecule has 0 spiro atoms. The Labute approximate surface area is 139 Å². The molecule has 1 fully saturated rings. The van der Waals surface area contributed by atoms with Crippen molar-refractivity contribution in [2.75, 3.05) is 13.1 Å². The van der Waals surface area contributed by atoms with Gasteiger partial charge in [-0.1, -0.05) is 6.08 Å². The normalized spacial score (nSPS) is 24.3. The van der Waals surface area contributed by atoms with Gasteiger partial charge in [-0.25, -0.2) is 4.79 Å². The van der Waals surface area contributed by atoms with Crippen molar-refractivity contribution in [3.63, 3.8) is 0 Å². The van der Waals surface area contributed by atoms with Gasteiger partial charge in [-0.2, -0.15) is 0 Å². The number of ether oxygens (including phenoxy) is 1. The zero-order valence-electron chi connectivity index (χ0n) is 15.3. The second kappa shape index (κ2) is 6.11. The number of nitrogens with zero attached hydrogens (tertiary/aromatic N) is 1. The van der Waals surface area contributed by atoms with E-state index in [4.69, 9.17) is 18.9 Å². The molecule has 0 aliphatic carbocycles. The highest BCUT2D eigenvalue weighted by atomic mass is 16.8. The third kappa shape index (κ3) is 4.49. The minimum Gasteiger partial charge on any atom is -0.427 e. The zero-order chi connectivity index (χ0) is 17.5. The zero-order valence-corrected chi connectivity index (χ0v) is 15.3. The highest BCUT2D eigenvalue weighted by Crippen LogP contribution is 2.39. The van der Waals surface area contributed by atoms with Gasteiger partial charge in [0.2, 0.25) is 0 Å². The van der Waals surface area contributed by atoms with Crippen LogP contribution in [0.3, 0.4) is 0 Å². The molecular formula is C16H28BNO5. The summed E-state index contributed by atoms with van der Waals surface area (Å²) in [6, 6.07) is 0. The molecule has 23 heavy (non-hydrogen) atoms. The molecule has 0 aromatic heterocycles. The number of carbonyl (C=O) groups is 1. The van der Waals surface area contributed by atoms with Gasteiger partial charge in [-0.15, -0.1) is 5.06 Å². The number of carbonyl (C=O) groups excluding carboxylic acids is 1. The molecule has 1 saturated heterocycles. The molecule has 2 rings (SSSR count). The van der Waals surface area contributed by atoms with Crippen molar-refractivity contribution in [2.45, 2.75) is 71.7 Å². The smallest absolute Gasteiger partial charge is 0.427 e. The van der Waals surface area contributed by atoms with Gasteiger partial charge in [0.25, 0.3) is 0 Å². The maximum atomic E-state index is 11.7. The Balaban J connectivity index is 1.89. The Kier molecular flexibility index (Phi) is 4.86. The molecule has 0 radical (unpaired) electrons. The Bertz CT molecular complexity index is 479. The largest absolute Gasteiger partial charge is 0.528 e. The van der Waals surface area contributed by atoms with Crippen LogP contribution in [0, 0.1) is 0 Å². The molecule has 0 saturated carbocycles. The van der Waals surface area contributed by atoms with Crippen LogP contribution in [-0.4, -0.2) is 48.2 Å². The van der Waals surface area contributed by atoms with Gasteiger partial charge >= 0.3 is 13.3 Å². The van der Waals surface area contributed by atoms with Crippen LogP contribution in [0.5, 0.6) is 0 Å². The molecule has 0 aromatic rings. The monoisotopic (exact) mass is 325 g/mol. The summed E-state index contributed by atoms with van der Waals surface area (Å²) in [4.78, 5) is 16.9. The summed E-state index contributed by atoms with van der Waals surface area (Å²) in [6.07, 6.45) is 2.04. The molecule has 0 aromatic carbocycles. The fraction of sp³-hybridized carbons (Fsp3) is 0.812. The molecule has 2 aliphatic rings. The molecule has 0 bridgehead atoms. The standard InChI is InChI=1S/C16H28BNO5/c1-14(2,3)20-13(19)21-18-10-8-12(9-11-18)17-22-15(4,5)16(6,7)23-17/h8H,9-11H2,1-7H3. The van der Waals surface area contributed by atoms with Crippen molar-refractivity contribution in [3.05, 3.63) is 11.5 Å². The van der Waals surface area contributed by atoms with Crippen molar-refractivity contribution in [1.29, 1.82) is 0 Å². The van der Waals surface area contributed by atoms with Gasteiger partial charge < -0.3 is 18.9 Å². The van der Waals surface area contributed by atoms with E-state index >= 15 is 0 Å². The lowest BCUT2D eigenvalue weighted by atomic mass is 9.75. The van der Waals surface area contributed by atoms with Crippen LogP contribution in [0.1, 0.15) is 54.9 Å². The van der Waals surface area contributed by atoms with E-state index in [9.17, 15) is 4.79 Å². The van der Waals surface area contributed by atoms with E-state index in [1.54, 1.807) is 25.8 Å². The quantitative estimate of drug-likeness (QED) is 0.574. The molecule has 2 heterocycles. The molecule has 6 nitrogen and oxygen atoms in total. The minimum absolute atomic E-state index is 0.330. The summed E-state index contributed by atoms with van der Waals surface area (Å²) in [5, 5.41) is 1.59. The summed E-state index contributed by atoms with van der Waals surface area (Å²) in [7, 11) is -0.330. The lowest BCUT2D eigenvalue weighted by molar-refractivity contribution is -0.138. The second-order valence-corrected chi connectivity index (χ2v) is 8.06. The van der Waals surface area contributed by atoms with E-state index in [1.165, 1.54) is 0 Å². The molecular weight excluding hydrogens is 297 g/mol. The summed E-state index contributed by atoms with van der Waals surface area (Å²) in [5.41, 5.74) is -0.158. The van der Waals surface area contributed by atoms with E-state index in [0.717, 1.165) is 11.9 Å². The average Bonchev–Trinajstić information content (AvgIpc) is 2.56. The minimum atomic E-state index is -0.676. The van der Waals surface area contributed by atoms with Gasteiger partial charge in [-0.3, -0.25) is 0 Å². The Morgan fingerprint density at radius 2 is 1.78 bits per heavy atom. The summed E-state index contributed by atoms with van der Waals surface area (Å²) in [5.74, 6) is 0. The topological polar surface area (TPSA) is 57.2 Å². The third-order valence-corrected chi connectivity index (χ3v) is 4.36. The fourth-order valence-corrected chi connectivity index (χ4v) is 2.33. The predicted octanol–water partition coefficient (Wildman–Crippen LogP) is 3.12. The first-order chi connectivity index (χ1) is 10.4. The molecule has 0 N–H and O–H groups in total. The molecule has 0 amide bonds. The maximum Gasteiger partial charge on any atom is 0.528 e. The van der Waals surface area contributed by atoms with Crippen molar-refractivity contribution >= 4 is 13.3 Å². The molecule has 0 atom stereocenters. The van der Waals surface area contributed by atoms with Gasteiger partial charge in [0.15, 0.2) is 0 Å². The van der Waals surface area contributed by atoms with Gasteiger partial charge in [0, 0.05) is 6.54 Å². The lowest BCUT2D eigenvalue weighted by Gasteiger charge is -2.32. The van der Waals surface area contributed by atoms with Crippen LogP contribution in [0.25, 0.3) is 0 Å². The van der Waals surface area contributed by atoms with Crippen molar-refractivity contribution in [3.8, 4) is 0 Å². The first kappa shape index (κ1) is 18.3. The van der Waals surface area contributed by atoms with Crippen molar-refractivity contribution in [2.24, 2.45) is 0 Å². The average molecular weight is 325 g/mol. The first-order valence-corrected chi connectivity index (χ1v) is 8.10. The second-order valence-electron chi connectivity index (χ2n) is 8.06. The predicted molar refractivity (Wildman–Crippen MR) is 87.7 cm³/mol. The van der Waals surface area contributed by atoms with Gasteiger partial charge in [0.1, 0.15) is 5.60 Å². The molecule has 130 valence electrons. The fourth-order valence-electron chi connectivity index (χ4n) is 2.33. The van der Waals surface area contributed by atoms with Gasteiger partial charge in [0.05, 0.1) is 17.7 Å². The van der Waals surface area contributed by atoms with E-state index in [2.05, 4.69) is 0 Å². The van der Waals surface area contributed by atoms with Crippen LogP contribution in [0.2, 0.25) is 0 Å². The van der Waals surface area contributed by atoms with Gasteiger partial charge in [-0.05, 0) is 60.4 Å². The SMILES string of the molecule is CC(C)(C)OC(=O)ON1CC=C(B2OC(C)(C)C(C)(C)O2)CC1. The van der Waals surface area contributed by atoms with Crippen LogP contribution < -0.4 is 0 Å². The van der Waals surface area contributed by atoms with Crippen LogP contribution in [0.15, 0.2) is 11.5 Å². The lowest BCUT2D eigenvalue weighted by Crippen LogP contribution is -2.41. The number of rotatable bonds is 2. The van der Waals surface area contributed by atoms with Crippen LogP contribution >= 0.6 is 0 Å². The first-order valence-electron chi connectivity index (χ1n) is 8.10. The van der Waals surface area contributed by atoms with Crippen LogP contribution in [0.4, 0.5) is 4.79 Å². The molecule has 2 aliphatic heterocycles. The Morgan fingerprint density at radius 1 is 1.22 bits per heavy atom. The Hall–Kier alpha value is -1.05. The van der Waals surface area contributed by atoms with E-state index in [0.29, 0.717) is 13.1 Å². The van der Waals surface area contributed by atoms with E-state index < -0.39 is 11.8 Å². The van der Waals surface area contributed by atoms with Crippen molar-refractivity contribution in [1.82, 2.24) is 5.06 Å². The highest BCUT2D eigenvalue weighted by Gasteiger charge is 2.52.